The molecule has 57 heavy (non-hydrogen) atoms. The zero-order chi connectivity index (χ0) is 52.1. The van der Waals surface area contributed by atoms with Gasteiger partial charge < -0.3 is 9.13 Å². The van der Waals surface area contributed by atoms with Crippen LogP contribution in [0.4, 0.5) is 0 Å². The van der Waals surface area contributed by atoms with Crippen molar-refractivity contribution in [2.45, 2.75) is 5.41 Å². The monoisotopic (exact) mass is 782 g/mol. The van der Waals surface area contributed by atoms with Gasteiger partial charge in [-0.05, 0) is 67.4 Å². The molecule has 1 spiro atoms. The van der Waals surface area contributed by atoms with Gasteiger partial charge in [-0.3, -0.25) is 0 Å². The molecule has 2 nitrogen and oxygen atoms in total. The minimum atomic E-state index is -4.51. The molecule has 2 aliphatic carbocycles. The summed E-state index contributed by atoms with van der Waals surface area (Å²) in [7, 11) is -9.03. The van der Waals surface area contributed by atoms with Crippen LogP contribution in [0.1, 0.15) is 44.2 Å². The molecular formula is C53H36O2P2. The van der Waals surface area contributed by atoms with Crippen molar-refractivity contribution in [2.75, 3.05) is 0 Å². The summed E-state index contributed by atoms with van der Waals surface area (Å²) in [6, 6.07) is 19.2. The van der Waals surface area contributed by atoms with Crippen molar-refractivity contribution in [3.63, 3.8) is 0 Å². The second-order valence-electron chi connectivity index (χ2n) is 13.8. The molecule has 0 unspecified atom stereocenters. The van der Waals surface area contributed by atoms with E-state index in [4.69, 9.17) is 5.48 Å². The highest BCUT2D eigenvalue weighted by Gasteiger charge is 2.53. The molecule has 2 aliphatic rings. The van der Waals surface area contributed by atoms with E-state index in [1.807, 2.05) is 0 Å². The highest BCUT2D eigenvalue weighted by molar-refractivity contribution is 7.85. The minimum absolute atomic E-state index is 0.127. The summed E-state index contributed by atoms with van der Waals surface area (Å²) in [5, 5.41) is -1.47. The molecule has 0 aromatic heterocycles. The van der Waals surface area contributed by atoms with E-state index in [1.54, 1.807) is 72.8 Å². The Morgan fingerprint density at radius 2 is 0.807 bits per heavy atom. The molecule has 0 fully saturated rings. The molecule has 0 bridgehead atoms. The van der Waals surface area contributed by atoms with E-state index in [0.29, 0.717) is 0 Å². The smallest absolute Gasteiger partial charge is 0.171 e. The van der Waals surface area contributed by atoms with E-state index < -0.39 is 182 Å². The van der Waals surface area contributed by atoms with Crippen LogP contribution in [0.15, 0.2) is 218 Å². The van der Waals surface area contributed by atoms with Gasteiger partial charge in [0.15, 0.2) is 14.3 Å². The number of hydrogen-bond donors (Lipinski definition) is 0. The summed E-state index contributed by atoms with van der Waals surface area (Å²) in [6.45, 7) is 0. The van der Waals surface area contributed by atoms with Crippen molar-refractivity contribution in [1.82, 2.24) is 0 Å². The average Bonchev–Trinajstić information content (AvgIpc) is 3.90. The molecular weight excluding hydrogens is 731 g/mol. The first-order chi connectivity index (χ1) is 34.7. The fourth-order valence-corrected chi connectivity index (χ4v) is 13.3. The molecule has 0 saturated heterocycles. The van der Waals surface area contributed by atoms with Crippen LogP contribution in [-0.2, 0) is 14.5 Å². The predicted octanol–water partition coefficient (Wildman–Crippen LogP) is 10.5. The first kappa shape index (κ1) is 21.3. The molecule has 11 rings (SSSR count). The maximum atomic E-state index is 16.6. The molecule has 0 saturated carbocycles. The van der Waals surface area contributed by atoms with Crippen molar-refractivity contribution in [3.8, 4) is 22.3 Å². The van der Waals surface area contributed by atoms with Gasteiger partial charge in [0.2, 0.25) is 0 Å². The van der Waals surface area contributed by atoms with Gasteiger partial charge in [-0.15, -0.1) is 0 Å². The standard InChI is InChI=1S/C53H36O2P2/c54-56(38-18-5-1-6-19-38,39-20-7-2-8-21-39)42-30-32-45-46-33-31-43(57(55,40-22-9-3-10-23-40)41-24-11-4-12-25-41)36-51(46)53(50(45)35-42)48-28-16-15-27-47(48)52-44-26-14-13-17-37(44)29-34-49(52)53/h1-36H/i13D,14D,15D,16D,17D,26D,27D,28D,29D,30D,31D,32D,33D,34D,35D,36D. The molecule has 0 amide bonds. The lowest BCUT2D eigenvalue weighted by atomic mass is 9.70. The summed E-state index contributed by atoms with van der Waals surface area (Å²) >= 11 is 0. The molecule has 4 heteroatoms. The van der Waals surface area contributed by atoms with Crippen molar-refractivity contribution in [1.29, 1.82) is 0 Å². The van der Waals surface area contributed by atoms with E-state index in [0.717, 1.165) is 0 Å². The third-order valence-corrected chi connectivity index (χ3v) is 16.7. The van der Waals surface area contributed by atoms with Gasteiger partial charge in [0.25, 0.3) is 0 Å². The fraction of sp³-hybridized carbons (Fsp3) is 0.0189. The Balaban J connectivity index is 1.48. The Morgan fingerprint density at radius 3 is 1.30 bits per heavy atom. The van der Waals surface area contributed by atoms with Gasteiger partial charge in [-0.2, -0.15) is 0 Å². The SMILES string of the molecule is [2H]c1c([2H])c([2H])c2c(c1[2H])-c1c(c([2H])c([2H])c3c([2H])c([2H])c([2H])c([2H])c13)C21c2c([2H])c(P(=O)(c3ccccc3)c3ccccc3)c([2H])c([2H])c2-c2c([2H])c([2H])c(P(=O)(c3ccccc3)c3ccccc3)c([2H])c21. The highest BCUT2D eigenvalue weighted by atomic mass is 31.2. The lowest BCUT2D eigenvalue weighted by molar-refractivity contribution is 0.591. The lowest BCUT2D eigenvalue weighted by Crippen LogP contribution is -2.31. The average molecular weight is 783 g/mol. The summed E-state index contributed by atoms with van der Waals surface area (Å²) in [5.74, 6) is 0. The number of rotatable bonds is 6. The van der Waals surface area contributed by atoms with Crippen LogP contribution in [0.5, 0.6) is 0 Å². The van der Waals surface area contributed by atoms with Crippen molar-refractivity contribution in [3.05, 3.63) is 240 Å². The fourth-order valence-electron chi connectivity index (χ4n) is 8.38. The van der Waals surface area contributed by atoms with Gasteiger partial charge in [-0.25, -0.2) is 0 Å². The van der Waals surface area contributed by atoms with Gasteiger partial charge in [0.05, 0.1) is 27.3 Å². The number of fused-ring (bicyclic) bond motifs is 12. The third kappa shape index (κ3) is 4.73. The van der Waals surface area contributed by atoms with Gasteiger partial charge in [-0.1, -0.05) is 206 Å². The van der Waals surface area contributed by atoms with Crippen LogP contribution >= 0.6 is 14.3 Å². The summed E-state index contributed by atoms with van der Waals surface area (Å²) in [6.07, 6.45) is 0. The van der Waals surface area contributed by atoms with E-state index in [-0.39, 0.29) is 21.2 Å². The summed E-state index contributed by atoms with van der Waals surface area (Å²) < 4.78 is 188. The van der Waals surface area contributed by atoms with Gasteiger partial charge in [0, 0.05) is 31.8 Å². The topological polar surface area (TPSA) is 34.1 Å². The van der Waals surface area contributed by atoms with Crippen molar-refractivity contribution < 1.29 is 31.1 Å². The number of hydrogen-bond acceptors (Lipinski definition) is 2. The first-order valence-corrected chi connectivity index (χ1v) is 21.5. The molecule has 0 atom stereocenters. The van der Waals surface area contributed by atoms with Crippen LogP contribution in [-0.4, -0.2) is 0 Å². The lowest BCUT2D eigenvalue weighted by Gasteiger charge is -2.32. The van der Waals surface area contributed by atoms with Crippen LogP contribution in [0.3, 0.4) is 0 Å². The van der Waals surface area contributed by atoms with E-state index in [9.17, 15) is 16.4 Å². The van der Waals surface area contributed by atoms with Crippen LogP contribution in [0.2, 0.25) is 0 Å². The predicted molar refractivity (Wildman–Crippen MR) is 239 cm³/mol. The van der Waals surface area contributed by atoms with Crippen molar-refractivity contribution >= 4 is 56.9 Å². The van der Waals surface area contributed by atoms with Crippen LogP contribution < -0.4 is 31.8 Å². The Hall–Kier alpha value is -6.30. The van der Waals surface area contributed by atoms with E-state index >= 15 is 9.13 Å². The highest BCUT2D eigenvalue weighted by Crippen LogP contribution is 2.64. The minimum Gasteiger partial charge on any atom is -0.309 e. The van der Waals surface area contributed by atoms with Crippen LogP contribution in [0, 0.1) is 0 Å². The summed E-state index contributed by atoms with van der Waals surface area (Å²) in [5.41, 5.74) is -6.48. The molecule has 0 N–H and O–H groups in total. The summed E-state index contributed by atoms with van der Waals surface area (Å²) in [4.78, 5) is 0. The maximum Gasteiger partial charge on any atom is 0.171 e. The Labute approximate surface area is 355 Å². The van der Waals surface area contributed by atoms with Crippen LogP contribution in [0.25, 0.3) is 33.0 Å². The molecule has 9 aromatic carbocycles. The third-order valence-electron chi connectivity index (χ3n) is 10.9. The number of benzene rings is 9. The maximum absolute atomic E-state index is 16.6. The molecule has 270 valence electrons. The second kappa shape index (κ2) is 12.9. The van der Waals surface area contributed by atoms with Gasteiger partial charge >= 0.3 is 0 Å². The normalized spacial score (nSPS) is 17.5. The second-order valence-corrected chi connectivity index (χ2v) is 19.2. The molecule has 0 aliphatic heterocycles. The first-order valence-electron chi connectivity index (χ1n) is 26.1. The van der Waals surface area contributed by atoms with Gasteiger partial charge in [0.1, 0.15) is 0 Å². The Morgan fingerprint density at radius 1 is 0.368 bits per heavy atom. The zero-order valence-electron chi connectivity index (χ0n) is 45.8. The molecule has 0 radical (unpaired) electrons. The van der Waals surface area contributed by atoms with Crippen molar-refractivity contribution in [2.24, 2.45) is 0 Å². The molecule has 9 aromatic rings. The Kier molecular flexibility index (Phi) is 4.81. The van der Waals surface area contributed by atoms with E-state index in [1.165, 1.54) is 48.5 Å². The zero-order valence-corrected chi connectivity index (χ0v) is 31.5. The molecule has 0 heterocycles. The van der Waals surface area contributed by atoms with E-state index in [2.05, 4.69) is 0 Å². The quantitative estimate of drug-likeness (QED) is 0.158. The largest absolute Gasteiger partial charge is 0.309 e. The Bertz CT molecular complexity index is 3790.